The van der Waals surface area contributed by atoms with Crippen LogP contribution in [0.25, 0.3) is 11.3 Å². The van der Waals surface area contributed by atoms with E-state index < -0.39 is 11.8 Å². The van der Waals surface area contributed by atoms with Crippen LogP contribution in [0.3, 0.4) is 0 Å². The predicted molar refractivity (Wildman–Crippen MR) is 120 cm³/mol. The minimum Gasteiger partial charge on any atom is -0.298 e. The van der Waals surface area contributed by atoms with Gasteiger partial charge in [-0.05, 0) is 35.9 Å². The van der Waals surface area contributed by atoms with Crippen LogP contribution < -0.4 is 5.32 Å². The molecule has 1 aliphatic rings. The zero-order valence-corrected chi connectivity index (χ0v) is 17.5. The number of anilines is 1. The second-order valence-corrected chi connectivity index (χ2v) is 8.03. The molecule has 1 N–H and O–H groups in total. The number of carbonyl (C=O) groups is 3. The SMILES string of the molecule is O=C(Nc1nc(-c2cccnc2)cs1)c1ccc2c(c1)C(=O)N(Cc1ccccc1)C2=O. The number of amides is 3. The van der Waals surface area contributed by atoms with Crippen LogP contribution >= 0.6 is 11.3 Å². The number of nitrogens with one attached hydrogen (secondary N) is 1. The fourth-order valence-electron chi connectivity index (χ4n) is 3.49. The third-order valence-electron chi connectivity index (χ3n) is 5.10. The van der Waals surface area contributed by atoms with E-state index in [0.717, 1.165) is 11.1 Å². The Bertz CT molecular complexity index is 1340. The Balaban J connectivity index is 1.34. The Labute approximate surface area is 187 Å². The number of nitrogens with zero attached hydrogens (tertiary/aromatic N) is 3. The number of benzene rings is 2. The summed E-state index contributed by atoms with van der Waals surface area (Å²) in [6, 6.07) is 17.5. The minimum atomic E-state index is -0.406. The lowest BCUT2D eigenvalue weighted by molar-refractivity contribution is 0.0642. The molecule has 3 heterocycles. The van der Waals surface area contributed by atoms with Gasteiger partial charge in [-0.1, -0.05) is 30.3 Å². The average molecular weight is 440 g/mol. The predicted octanol–water partition coefficient (Wildman–Crippen LogP) is 4.25. The van der Waals surface area contributed by atoms with E-state index >= 15 is 0 Å². The first-order valence-corrected chi connectivity index (χ1v) is 10.7. The topological polar surface area (TPSA) is 92.3 Å². The summed E-state index contributed by atoms with van der Waals surface area (Å²) in [7, 11) is 0. The molecule has 3 amide bonds. The van der Waals surface area contributed by atoms with Crippen molar-refractivity contribution in [3.63, 3.8) is 0 Å². The molecule has 0 fully saturated rings. The highest BCUT2D eigenvalue weighted by Crippen LogP contribution is 2.27. The van der Waals surface area contributed by atoms with Gasteiger partial charge in [-0.3, -0.25) is 29.6 Å². The van der Waals surface area contributed by atoms with E-state index in [9.17, 15) is 14.4 Å². The van der Waals surface area contributed by atoms with E-state index in [1.54, 1.807) is 18.5 Å². The molecule has 0 radical (unpaired) electrons. The molecule has 0 saturated heterocycles. The summed E-state index contributed by atoms with van der Waals surface area (Å²) in [5.74, 6) is -1.17. The largest absolute Gasteiger partial charge is 0.298 e. The third-order valence-corrected chi connectivity index (χ3v) is 5.86. The van der Waals surface area contributed by atoms with Crippen LogP contribution in [0.1, 0.15) is 36.6 Å². The molecule has 0 saturated carbocycles. The number of hydrogen-bond acceptors (Lipinski definition) is 6. The molecule has 0 atom stereocenters. The summed E-state index contributed by atoms with van der Waals surface area (Å²) in [6.07, 6.45) is 3.38. The number of thiazole rings is 1. The number of aromatic nitrogens is 2. The van der Waals surface area contributed by atoms with Crippen molar-refractivity contribution in [2.75, 3.05) is 5.32 Å². The molecule has 0 bridgehead atoms. The van der Waals surface area contributed by atoms with Gasteiger partial charge in [0.05, 0.1) is 23.4 Å². The molecule has 0 spiro atoms. The molecule has 0 unspecified atom stereocenters. The molecule has 4 aromatic rings. The molecule has 0 aliphatic carbocycles. The van der Waals surface area contributed by atoms with Gasteiger partial charge in [-0.25, -0.2) is 4.98 Å². The van der Waals surface area contributed by atoms with Gasteiger partial charge in [0.2, 0.25) is 0 Å². The number of pyridine rings is 1. The van der Waals surface area contributed by atoms with Gasteiger partial charge in [0.25, 0.3) is 17.7 Å². The highest BCUT2D eigenvalue weighted by molar-refractivity contribution is 7.14. The standard InChI is InChI=1S/C24H16N4O3S/c29-21(27-24-26-20(14-32-24)17-7-4-10-25-12-17)16-8-9-18-19(11-16)23(31)28(22(18)30)13-15-5-2-1-3-6-15/h1-12,14H,13H2,(H,26,27,29). The molecular formula is C24H16N4O3S. The third kappa shape index (κ3) is 3.67. The van der Waals surface area contributed by atoms with Gasteiger partial charge in [-0.15, -0.1) is 11.3 Å². The molecular weight excluding hydrogens is 424 g/mol. The fourth-order valence-corrected chi connectivity index (χ4v) is 4.20. The molecule has 2 aromatic heterocycles. The van der Waals surface area contributed by atoms with E-state index in [0.29, 0.717) is 16.4 Å². The second-order valence-electron chi connectivity index (χ2n) is 7.18. The normalized spacial score (nSPS) is 12.7. The number of carbonyl (C=O) groups excluding carboxylic acids is 3. The maximum absolute atomic E-state index is 12.9. The summed E-state index contributed by atoms with van der Waals surface area (Å²) in [5, 5.41) is 5.02. The smallest absolute Gasteiger partial charge is 0.261 e. The summed E-state index contributed by atoms with van der Waals surface area (Å²) in [4.78, 5) is 48.0. The Hall–Kier alpha value is -4.17. The van der Waals surface area contributed by atoms with Crippen molar-refractivity contribution in [3.8, 4) is 11.3 Å². The molecule has 2 aromatic carbocycles. The van der Waals surface area contributed by atoms with Gasteiger partial charge >= 0.3 is 0 Å². The number of rotatable bonds is 5. The monoisotopic (exact) mass is 440 g/mol. The van der Waals surface area contributed by atoms with Crippen molar-refractivity contribution in [2.45, 2.75) is 6.54 Å². The van der Waals surface area contributed by atoms with E-state index in [4.69, 9.17) is 0 Å². The summed E-state index contributed by atoms with van der Waals surface area (Å²) in [5.41, 5.74) is 3.23. The van der Waals surface area contributed by atoms with Crippen LogP contribution in [0.2, 0.25) is 0 Å². The molecule has 7 nitrogen and oxygen atoms in total. The van der Waals surface area contributed by atoms with Crippen molar-refractivity contribution in [2.24, 2.45) is 0 Å². The summed E-state index contributed by atoms with van der Waals surface area (Å²) in [6.45, 7) is 0.185. The maximum Gasteiger partial charge on any atom is 0.261 e. The highest BCUT2D eigenvalue weighted by Gasteiger charge is 2.36. The van der Waals surface area contributed by atoms with Crippen LogP contribution in [0.4, 0.5) is 5.13 Å². The van der Waals surface area contributed by atoms with Gasteiger partial charge < -0.3 is 0 Å². The van der Waals surface area contributed by atoms with Gasteiger partial charge in [0.15, 0.2) is 5.13 Å². The Kier molecular flexibility index (Phi) is 5.04. The van der Waals surface area contributed by atoms with Gasteiger partial charge in [0.1, 0.15) is 0 Å². The first-order chi connectivity index (χ1) is 15.6. The van der Waals surface area contributed by atoms with E-state index in [1.807, 2.05) is 47.8 Å². The van der Waals surface area contributed by atoms with Crippen molar-refractivity contribution in [1.82, 2.24) is 14.9 Å². The molecule has 8 heteroatoms. The highest BCUT2D eigenvalue weighted by atomic mass is 32.1. The van der Waals surface area contributed by atoms with Crippen molar-refractivity contribution < 1.29 is 14.4 Å². The van der Waals surface area contributed by atoms with Gasteiger partial charge in [-0.2, -0.15) is 0 Å². The Morgan fingerprint density at radius 3 is 2.56 bits per heavy atom. The molecule has 32 heavy (non-hydrogen) atoms. The lowest BCUT2D eigenvalue weighted by Crippen LogP contribution is -2.29. The molecule has 5 rings (SSSR count). The van der Waals surface area contributed by atoms with Crippen LogP contribution in [-0.4, -0.2) is 32.6 Å². The average Bonchev–Trinajstić information content (AvgIpc) is 3.39. The lowest BCUT2D eigenvalue weighted by atomic mass is 10.1. The molecule has 1 aliphatic heterocycles. The van der Waals surface area contributed by atoms with E-state index in [2.05, 4.69) is 15.3 Å². The van der Waals surface area contributed by atoms with Crippen molar-refractivity contribution >= 4 is 34.2 Å². The Morgan fingerprint density at radius 1 is 0.969 bits per heavy atom. The molecule has 156 valence electrons. The zero-order valence-electron chi connectivity index (χ0n) is 16.7. The lowest BCUT2D eigenvalue weighted by Gasteiger charge is -2.13. The Morgan fingerprint density at radius 2 is 1.78 bits per heavy atom. The maximum atomic E-state index is 12.9. The fraction of sp³-hybridized carbons (Fsp3) is 0.0417. The number of hydrogen-bond donors (Lipinski definition) is 1. The van der Waals surface area contributed by atoms with Crippen molar-refractivity contribution in [1.29, 1.82) is 0 Å². The van der Waals surface area contributed by atoms with Crippen LogP contribution in [0.15, 0.2) is 78.4 Å². The van der Waals surface area contributed by atoms with E-state index in [-0.39, 0.29) is 23.6 Å². The summed E-state index contributed by atoms with van der Waals surface area (Å²) < 4.78 is 0. The quantitative estimate of drug-likeness (QED) is 0.468. The van der Waals surface area contributed by atoms with E-state index in [1.165, 1.54) is 28.4 Å². The number of fused-ring (bicyclic) bond motifs is 1. The van der Waals surface area contributed by atoms with Gasteiger partial charge in [0, 0.05) is 28.9 Å². The summed E-state index contributed by atoms with van der Waals surface area (Å²) >= 11 is 1.30. The second kappa shape index (κ2) is 8.16. The number of imide groups is 1. The van der Waals surface area contributed by atoms with Crippen LogP contribution in [0, 0.1) is 0 Å². The van der Waals surface area contributed by atoms with Crippen LogP contribution in [-0.2, 0) is 6.54 Å². The minimum absolute atomic E-state index is 0.185. The van der Waals surface area contributed by atoms with Crippen molar-refractivity contribution in [3.05, 3.63) is 101 Å². The van der Waals surface area contributed by atoms with Crippen LogP contribution in [0.5, 0.6) is 0 Å². The zero-order chi connectivity index (χ0) is 22.1. The first kappa shape index (κ1) is 19.8. The first-order valence-electron chi connectivity index (χ1n) is 9.81.